The van der Waals surface area contributed by atoms with Crippen molar-refractivity contribution < 1.29 is 18.0 Å². The lowest BCUT2D eigenvalue weighted by Gasteiger charge is -2.07. The monoisotopic (exact) mass is 431 g/mol. The summed E-state index contributed by atoms with van der Waals surface area (Å²) in [6.45, 7) is 0. The van der Waals surface area contributed by atoms with Gasteiger partial charge in [-0.2, -0.15) is 0 Å². The van der Waals surface area contributed by atoms with E-state index in [1.54, 1.807) is 12.1 Å². The molecule has 0 aliphatic rings. The predicted octanol–water partition coefficient (Wildman–Crippen LogP) is 5.51. The molecule has 1 N–H and O–H groups in total. The van der Waals surface area contributed by atoms with E-state index in [4.69, 9.17) is 0 Å². The highest BCUT2D eigenvalue weighted by atomic mass is 32.2. The first kappa shape index (κ1) is 19.4. The topological polar surface area (TPSA) is 54.9 Å². The van der Waals surface area contributed by atoms with Crippen LogP contribution in [0.4, 0.5) is 18.9 Å². The Balaban J connectivity index is 1.56. The summed E-state index contributed by atoms with van der Waals surface area (Å²) in [4.78, 5) is 21.5. The summed E-state index contributed by atoms with van der Waals surface area (Å²) in [6, 6.07) is 8.92. The lowest BCUT2D eigenvalue weighted by atomic mass is 10.1. The number of carbonyl (C=O) groups is 1. The lowest BCUT2D eigenvalue weighted by Crippen LogP contribution is -2.15. The molecule has 0 spiro atoms. The number of hydrogen-bond acceptors (Lipinski definition) is 5. The zero-order valence-electron chi connectivity index (χ0n) is 14.7. The molecule has 29 heavy (non-hydrogen) atoms. The maximum Gasteiger partial charge on any atom is 0.234 e. The van der Waals surface area contributed by atoms with Gasteiger partial charge < -0.3 is 5.32 Å². The summed E-state index contributed by atoms with van der Waals surface area (Å²) >= 11 is 2.57. The van der Waals surface area contributed by atoms with Gasteiger partial charge in [-0.3, -0.25) is 4.79 Å². The molecule has 0 radical (unpaired) electrons. The SMILES string of the molecule is O=C(CSc1ncnc2scc(-c3ccc(F)cc3)c12)Nc1cc(F)ccc1F. The van der Waals surface area contributed by atoms with Crippen molar-refractivity contribution in [1.82, 2.24) is 9.97 Å². The number of halogens is 3. The number of nitrogens with zero attached hydrogens (tertiary/aromatic N) is 2. The molecule has 0 saturated carbocycles. The van der Waals surface area contributed by atoms with Crippen LogP contribution in [-0.4, -0.2) is 21.6 Å². The van der Waals surface area contributed by atoms with Gasteiger partial charge in [0.1, 0.15) is 33.6 Å². The summed E-state index contributed by atoms with van der Waals surface area (Å²) in [6.07, 6.45) is 1.40. The summed E-state index contributed by atoms with van der Waals surface area (Å²) in [5.74, 6) is -2.24. The molecule has 2 aromatic carbocycles. The number of hydrogen-bond donors (Lipinski definition) is 1. The van der Waals surface area contributed by atoms with Gasteiger partial charge in [-0.1, -0.05) is 23.9 Å². The second-order valence-electron chi connectivity index (χ2n) is 5.98. The third-order valence-electron chi connectivity index (χ3n) is 4.03. The van der Waals surface area contributed by atoms with Gasteiger partial charge in [-0.15, -0.1) is 11.3 Å². The van der Waals surface area contributed by atoms with E-state index in [2.05, 4.69) is 15.3 Å². The van der Waals surface area contributed by atoms with E-state index < -0.39 is 17.5 Å². The molecule has 0 unspecified atom stereocenters. The summed E-state index contributed by atoms with van der Waals surface area (Å²) in [5, 5.41) is 5.60. The van der Waals surface area contributed by atoms with Crippen LogP contribution in [0.3, 0.4) is 0 Å². The van der Waals surface area contributed by atoms with E-state index in [1.807, 2.05) is 5.38 Å². The Kier molecular flexibility index (Phi) is 5.50. The largest absolute Gasteiger partial charge is 0.323 e. The highest BCUT2D eigenvalue weighted by molar-refractivity contribution is 8.00. The van der Waals surface area contributed by atoms with Gasteiger partial charge in [0.25, 0.3) is 0 Å². The van der Waals surface area contributed by atoms with Crippen LogP contribution in [0.1, 0.15) is 0 Å². The standard InChI is InChI=1S/C20H12F3N3OS2/c21-12-3-1-11(2-4-12)14-8-28-19-18(14)20(25-10-24-19)29-9-17(27)26-16-7-13(22)5-6-15(16)23/h1-8,10H,9H2,(H,26,27). The van der Waals surface area contributed by atoms with E-state index in [1.165, 1.54) is 29.8 Å². The first-order valence-electron chi connectivity index (χ1n) is 8.37. The molecule has 146 valence electrons. The Morgan fingerprint density at radius 1 is 1.03 bits per heavy atom. The van der Waals surface area contributed by atoms with Crippen LogP contribution >= 0.6 is 23.1 Å². The second kappa shape index (κ2) is 8.22. The Labute approximate surface area is 171 Å². The van der Waals surface area contributed by atoms with Crippen LogP contribution in [-0.2, 0) is 4.79 Å². The van der Waals surface area contributed by atoms with E-state index >= 15 is 0 Å². The molecule has 4 aromatic rings. The maximum absolute atomic E-state index is 13.7. The first-order valence-corrected chi connectivity index (χ1v) is 10.2. The smallest absolute Gasteiger partial charge is 0.234 e. The fourth-order valence-electron chi connectivity index (χ4n) is 2.71. The van der Waals surface area contributed by atoms with Crippen molar-refractivity contribution in [1.29, 1.82) is 0 Å². The average Bonchev–Trinajstić information content (AvgIpc) is 3.14. The van der Waals surface area contributed by atoms with Crippen LogP contribution in [0.15, 0.2) is 59.2 Å². The van der Waals surface area contributed by atoms with Crippen LogP contribution in [0.2, 0.25) is 0 Å². The summed E-state index contributed by atoms with van der Waals surface area (Å²) in [5.41, 5.74) is 1.43. The molecule has 0 aliphatic carbocycles. The zero-order chi connectivity index (χ0) is 20.4. The highest BCUT2D eigenvalue weighted by Crippen LogP contribution is 2.37. The number of amides is 1. The molecule has 0 bridgehead atoms. The Hall–Kier alpha value is -2.91. The third kappa shape index (κ3) is 4.25. The predicted molar refractivity (Wildman–Crippen MR) is 109 cm³/mol. The van der Waals surface area contributed by atoms with E-state index in [-0.39, 0.29) is 17.3 Å². The van der Waals surface area contributed by atoms with Crippen LogP contribution in [0.25, 0.3) is 21.3 Å². The number of thiophene rings is 1. The highest BCUT2D eigenvalue weighted by Gasteiger charge is 2.15. The van der Waals surface area contributed by atoms with Crippen molar-refractivity contribution >= 4 is 44.9 Å². The number of anilines is 1. The minimum Gasteiger partial charge on any atom is -0.323 e. The molecular formula is C20H12F3N3OS2. The number of aromatic nitrogens is 2. The fourth-order valence-corrected chi connectivity index (χ4v) is 4.51. The molecule has 0 fully saturated rings. The molecule has 2 heterocycles. The first-order chi connectivity index (χ1) is 14.0. The van der Waals surface area contributed by atoms with Crippen LogP contribution in [0.5, 0.6) is 0 Å². The second-order valence-corrected chi connectivity index (χ2v) is 7.80. The minimum atomic E-state index is -0.717. The number of carbonyl (C=O) groups excluding carboxylic acids is 1. The molecule has 0 saturated heterocycles. The number of rotatable bonds is 5. The van der Waals surface area contributed by atoms with Gasteiger partial charge in [0.05, 0.1) is 16.8 Å². The molecule has 2 aromatic heterocycles. The number of benzene rings is 2. The Bertz CT molecular complexity index is 1200. The van der Waals surface area contributed by atoms with Gasteiger partial charge in [0.15, 0.2) is 0 Å². The van der Waals surface area contributed by atoms with Crippen LogP contribution in [0, 0.1) is 17.5 Å². The molecule has 4 nitrogen and oxygen atoms in total. The number of nitrogens with one attached hydrogen (secondary N) is 1. The Morgan fingerprint density at radius 2 is 1.79 bits per heavy atom. The quantitative estimate of drug-likeness (QED) is 0.335. The fraction of sp³-hybridized carbons (Fsp3) is 0.0500. The normalized spacial score (nSPS) is 11.0. The van der Waals surface area contributed by atoms with Gasteiger partial charge in [0.2, 0.25) is 5.91 Å². The third-order valence-corrected chi connectivity index (χ3v) is 5.91. The summed E-state index contributed by atoms with van der Waals surface area (Å²) < 4.78 is 40.2. The van der Waals surface area contributed by atoms with Crippen LogP contribution < -0.4 is 5.32 Å². The van der Waals surface area contributed by atoms with E-state index in [0.717, 1.165) is 51.3 Å². The van der Waals surface area contributed by atoms with Crippen molar-refractivity contribution in [3.63, 3.8) is 0 Å². The Morgan fingerprint density at radius 3 is 2.59 bits per heavy atom. The molecular weight excluding hydrogens is 419 g/mol. The van der Waals surface area contributed by atoms with E-state index in [0.29, 0.717) is 5.03 Å². The molecule has 9 heteroatoms. The molecule has 0 atom stereocenters. The maximum atomic E-state index is 13.7. The summed E-state index contributed by atoms with van der Waals surface area (Å²) in [7, 11) is 0. The minimum absolute atomic E-state index is 0.0548. The van der Waals surface area contributed by atoms with E-state index in [9.17, 15) is 18.0 Å². The van der Waals surface area contributed by atoms with Gasteiger partial charge in [-0.25, -0.2) is 23.1 Å². The number of fused-ring (bicyclic) bond motifs is 1. The number of thioether (sulfide) groups is 1. The molecule has 0 aliphatic heterocycles. The van der Waals surface area contributed by atoms with Crippen molar-refractivity contribution in [2.45, 2.75) is 5.03 Å². The van der Waals surface area contributed by atoms with Gasteiger partial charge in [-0.05, 0) is 29.8 Å². The van der Waals surface area contributed by atoms with Gasteiger partial charge in [0, 0.05) is 17.0 Å². The van der Waals surface area contributed by atoms with Crippen molar-refractivity contribution in [2.75, 3.05) is 11.1 Å². The lowest BCUT2D eigenvalue weighted by molar-refractivity contribution is -0.113. The molecule has 4 rings (SSSR count). The van der Waals surface area contributed by atoms with Gasteiger partial charge >= 0.3 is 0 Å². The molecule has 1 amide bonds. The van der Waals surface area contributed by atoms with Crippen molar-refractivity contribution in [2.24, 2.45) is 0 Å². The zero-order valence-corrected chi connectivity index (χ0v) is 16.3. The van der Waals surface area contributed by atoms with Crippen molar-refractivity contribution in [3.05, 3.63) is 71.6 Å². The average molecular weight is 431 g/mol. The van der Waals surface area contributed by atoms with Crippen molar-refractivity contribution in [3.8, 4) is 11.1 Å².